The van der Waals surface area contributed by atoms with Crippen LogP contribution >= 0.6 is 11.6 Å². The number of hydrogen-bond acceptors (Lipinski definition) is 4. The molecule has 27 heavy (non-hydrogen) atoms. The summed E-state index contributed by atoms with van der Waals surface area (Å²) in [5.74, 6) is 1.67. The zero-order valence-corrected chi connectivity index (χ0v) is 16.7. The van der Waals surface area contributed by atoms with Crippen molar-refractivity contribution in [2.75, 3.05) is 32.8 Å². The SMILES string of the molecule is O=C(Cc1ccc(OCCCCCC2CCNCC2)cc1Cl)N1CC(O)C1. The van der Waals surface area contributed by atoms with Crippen molar-refractivity contribution in [3.8, 4) is 5.75 Å². The fourth-order valence-corrected chi connectivity index (χ4v) is 4.00. The van der Waals surface area contributed by atoms with Gasteiger partial charge in [-0.25, -0.2) is 0 Å². The van der Waals surface area contributed by atoms with Crippen LogP contribution in [0.3, 0.4) is 0 Å². The summed E-state index contributed by atoms with van der Waals surface area (Å²) in [6.45, 7) is 3.91. The number of nitrogens with zero attached hydrogens (tertiary/aromatic N) is 1. The lowest BCUT2D eigenvalue weighted by Gasteiger charge is -2.36. The summed E-state index contributed by atoms with van der Waals surface area (Å²) in [5.41, 5.74) is 0.803. The minimum atomic E-state index is -0.375. The molecule has 0 radical (unpaired) electrons. The van der Waals surface area contributed by atoms with Gasteiger partial charge < -0.3 is 20.1 Å². The first-order valence-corrected chi connectivity index (χ1v) is 10.6. The van der Waals surface area contributed by atoms with Crippen molar-refractivity contribution >= 4 is 17.5 Å². The molecule has 2 N–H and O–H groups in total. The maximum atomic E-state index is 12.1. The predicted molar refractivity (Wildman–Crippen MR) is 107 cm³/mol. The van der Waals surface area contributed by atoms with Crippen LogP contribution in [0.15, 0.2) is 18.2 Å². The van der Waals surface area contributed by atoms with E-state index < -0.39 is 0 Å². The minimum absolute atomic E-state index is 0.00427. The molecule has 1 aromatic carbocycles. The van der Waals surface area contributed by atoms with Crippen LogP contribution in [0.2, 0.25) is 5.02 Å². The topological polar surface area (TPSA) is 61.8 Å². The van der Waals surface area contributed by atoms with Crippen LogP contribution < -0.4 is 10.1 Å². The molecule has 0 unspecified atom stereocenters. The van der Waals surface area contributed by atoms with Crippen LogP contribution in [0.25, 0.3) is 0 Å². The van der Waals surface area contributed by atoms with Crippen molar-refractivity contribution in [2.24, 2.45) is 5.92 Å². The Hall–Kier alpha value is -1.30. The number of aliphatic hydroxyl groups is 1. The van der Waals surface area contributed by atoms with E-state index in [9.17, 15) is 9.90 Å². The van der Waals surface area contributed by atoms with E-state index in [0.29, 0.717) is 24.7 Å². The molecular formula is C21H31ClN2O3. The number of amides is 1. The van der Waals surface area contributed by atoms with E-state index in [1.165, 1.54) is 45.2 Å². The summed E-state index contributed by atoms with van der Waals surface area (Å²) < 4.78 is 5.81. The summed E-state index contributed by atoms with van der Waals surface area (Å²) in [6.07, 6.45) is 7.41. The Balaban J connectivity index is 1.32. The van der Waals surface area contributed by atoms with Crippen molar-refractivity contribution in [2.45, 2.75) is 51.0 Å². The van der Waals surface area contributed by atoms with Crippen LogP contribution in [-0.4, -0.2) is 54.8 Å². The smallest absolute Gasteiger partial charge is 0.227 e. The number of likely N-dealkylation sites (tertiary alicyclic amines) is 1. The number of halogens is 1. The van der Waals surface area contributed by atoms with Gasteiger partial charge in [0, 0.05) is 18.1 Å². The van der Waals surface area contributed by atoms with Crippen LogP contribution in [0.4, 0.5) is 0 Å². The second-order valence-electron chi connectivity index (χ2n) is 7.77. The number of β-amino-alcohol motifs (C(OH)–C–C–N with tert-alkyl or cyclic N) is 1. The van der Waals surface area contributed by atoms with Gasteiger partial charge in [0.2, 0.25) is 5.91 Å². The van der Waals surface area contributed by atoms with E-state index in [2.05, 4.69) is 5.32 Å². The maximum Gasteiger partial charge on any atom is 0.227 e. The minimum Gasteiger partial charge on any atom is -0.494 e. The molecule has 1 aromatic rings. The summed E-state index contributed by atoms with van der Waals surface area (Å²) in [7, 11) is 0. The molecule has 2 fully saturated rings. The summed E-state index contributed by atoms with van der Waals surface area (Å²) in [6, 6.07) is 5.54. The van der Waals surface area contributed by atoms with Gasteiger partial charge in [-0.2, -0.15) is 0 Å². The Morgan fingerprint density at radius 1 is 1.22 bits per heavy atom. The molecule has 0 spiro atoms. The average Bonchev–Trinajstić information content (AvgIpc) is 2.65. The predicted octanol–water partition coefficient (Wildman–Crippen LogP) is 3.02. The first-order chi connectivity index (χ1) is 13.1. The molecule has 1 amide bonds. The second-order valence-corrected chi connectivity index (χ2v) is 8.18. The van der Waals surface area contributed by atoms with E-state index in [0.717, 1.165) is 23.7 Å². The Bertz CT molecular complexity index is 613. The largest absolute Gasteiger partial charge is 0.494 e. The summed E-state index contributed by atoms with van der Waals surface area (Å²) >= 11 is 6.31. The van der Waals surface area contributed by atoms with E-state index in [1.54, 1.807) is 11.0 Å². The van der Waals surface area contributed by atoms with E-state index in [-0.39, 0.29) is 18.4 Å². The summed E-state index contributed by atoms with van der Waals surface area (Å²) in [5, 5.41) is 13.3. The van der Waals surface area contributed by atoms with E-state index >= 15 is 0 Å². The molecule has 2 saturated heterocycles. The number of nitrogens with one attached hydrogen (secondary N) is 1. The fourth-order valence-electron chi connectivity index (χ4n) is 3.77. The monoisotopic (exact) mass is 394 g/mol. The molecule has 0 atom stereocenters. The zero-order chi connectivity index (χ0) is 19.1. The number of rotatable bonds is 9. The van der Waals surface area contributed by atoms with Crippen molar-refractivity contribution in [3.63, 3.8) is 0 Å². The van der Waals surface area contributed by atoms with Crippen LogP contribution in [0.1, 0.15) is 44.1 Å². The molecule has 3 rings (SSSR count). The number of carbonyl (C=O) groups is 1. The van der Waals surface area contributed by atoms with Crippen molar-refractivity contribution in [3.05, 3.63) is 28.8 Å². The fraction of sp³-hybridized carbons (Fsp3) is 0.667. The number of piperidine rings is 1. The normalized spacial score (nSPS) is 18.4. The second kappa shape index (κ2) is 10.3. The number of benzene rings is 1. The summed E-state index contributed by atoms with van der Waals surface area (Å²) in [4.78, 5) is 13.7. The first kappa shape index (κ1) is 20.4. The third-order valence-electron chi connectivity index (χ3n) is 5.57. The third-order valence-corrected chi connectivity index (χ3v) is 5.92. The van der Waals surface area contributed by atoms with Gasteiger partial charge in [-0.05, 0) is 56.0 Å². The highest BCUT2D eigenvalue weighted by atomic mass is 35.5. The molecule has 2 heterocycles. The molecule has 2 aliphatic rings. The van der Waals surface area contributed by atoms with Gasteiger partial charge in [-0.3, -0.25) is 4.79 Å². The van der Waals surface area contributed by atoms with E-state index in [4.69, 9.17) is 16.3 Å². The molecule has 0 saturated carbocycles. The van der Waals surface area contributed by atoms with Gasteiger partial charge in [-0.1, -0.05) is 36.9 Å². The Morgan fingerprint density at radius 2 is 2.00 bits per heavy atom. The maximum absolute atomic E-state index is 12.1. The van der Waals surface area contributed by atoms with Crippen molar-refractivity contribution < 1.29 is 14.6 Å². The highest BCUT2D eigenvalue weighted by Gasteiger charge is 2.28. The average molecular weight is 395 g/mol. The molecule has 6 heteroatoms. The van der Waals surface area contributed by atoms with Gasteiger partial charge in [0.25, 0.3) is 0 Å². The molecular weight excluding hydrogens is 364 g/mol. The van der Waals surface area contributed by atoms with Gasteiger partial charge in [0.05, 0.1) is 19.1 Å². The van der Waals surface area contributed by atoms with Gasteiger partial charge in [-0.15, -0.1) is 0 Å². The third kappa shape index (κ3) is 6.37. The van der Waals surface area contributed by atoms with Gasteiger partial charge in [0.15, 0.2) is 0 Å². The number of carbonyl (C=O) groups excluding carboxylic acids is 1. The van der Waals surface area contributed by atoms with Crippen LogP contribution in [0.5, 0.6) is 5.75 Å². The molecule has 2 aliphatic heterocycles. The van der Waals surface area contributed by atoms with Gasteiger partial charge in [0.1, 0.15) is 5.75 Å². The number of ether oxygens (including phenoxy) is 1. The molecule has 0 aliphatic carbocycles. The number of hydrogen-bond donors (Lipinski definition) is 2. The molecule has 0 aromatic heterocycles. The van der Waals surface area contributed by atoms with Crippen molar-refractivity contribution in [1.82, 2.24) is 10.2 Å². The Morgan fingerprint density at radius 3 is 2.70 bits per heavy atom. The van der Waals surface area contributed by atoms with E-state index in [1.807, 2.05) is 12.1 Å². The van der Waals surface area contributed by atoms with Crippen LogP contribution in [-0.2, 0) is 11.2 Å². The lowest BCUT2D eigenvalue weighted by Crippen LogP contribution is -2.53. The molecule has 0 bridgehead atoms. The van der Waals surface area contributed by atoms with Crippen LogP contribution in [0, 0.1) is 5.92 Å². The number of aliphatic hydroxyl groups excluding tert-OH is 1. The molecule has 5 nitrogen and oxygen atoms in total. The lowest BCUT2D eigenvalue weighted by atomic mass is 9.92. The molecule has 150 valence electrons. The number of unbranched alkanes of at least 4 members (excludes halogenated alkanes) is 2. The zero-order valence-electron chi connectivity index (χ0n) is 16.0. The van der Waals surface area contributed by atoms with Crippen molar-refractivity contribution in [1.29, 1.82) is 0 Å². The quantitative estimate of drug-likeness (QED) is 0.632. The standard InChI is InChI=1S/C21H31ClN2O3/c22-20-13-19(6-5-17(20)12-21(26)24-14-18(25)15-24)27-11-3-1-2-4-16-7-9-23-10-8-16/h5-6,13,16,18,23,25H,1-4,7-12,14-15H2. The van der Waals surface area contributed by atoms with Gasteiger partial charge >= 0.3 is 0 Å². The highest BCUT2D eigenvalue weighted by molar-refractivity contribution is 6.31. The highest BCUT2D eigenvalue weighted by Crippen LogP contribution is 2.25. The first-order valence-electron chi connectivity index (χ1n) is 10.2. The Labute approximate surface area is 167 Å². The Kier molecular flexibility index (Phi) is 7.80. The lowest BCUT2D eigenvalue weighted by molar-refractivity contribution is -0.140.